The van der Waals surface area contributed by atoms with Gasteiger partial charge in [-0.15, -0.1) is 0 Å². The molecular weight excluding hydrogens is 218 g/mol. The van der Waals surface area contributed by atoms with Crippen LogP contribution < -0.4 is 5.32 Å². The van der Waals surface area contributed by atoms with Crippen molar-refractivity contribution in [2.24, 2.45) is 0 Å². The zero-order valence-electron chi connectivity index (χ0n) is 9.68. The van der Waals surface area contributed by atoms with E-state index in [0.29, 0.717) is 5.56 Å². The minimum atomic E-state index is -0.188. The van der Waals surface area contributed by atoms with Crippen molar-refractivity contribution in [3.63, 3.8) is 0 Å². The topological polar surface area (TPSA) is 67.2 Å². The minimum absolute atomic E-state index is 0.0571. The summed E-state index contributed by atoms with van der Waals surface area (Å²) in [6.45, 7) is 3.11. The van der Waals surface area contributed by atoms with E-state index in [1.165, 1.54) is 0 Å². The normalized spacial score (nSPS) is 10.7. The van der Waals surface area contributed by atoms with Crippen LogP contribution in [0.1, 0.15) is 17.3 Å². The van der Waals surface area contributed by atoms with Crippen LogP contribution in [0.15, 0.2) is 24.5 Å². The van der Waals surface area contributed by atoms with E-state index < -0.39 is 0 Å². The Hall–Kier alpha value is -1.88. The summed E-state index contributed by atoms with van der Waals surface area (Å²) in [7, 11) is 0. The first-order chi connectivity index (χ1) is 8.26. The number of aryl methyl sites for hydroxylation is 1. The highest BCUT2D eigenvalue weighted by molar-refractivity contribution is 5.97. The van der Waals surface area contributed by atoms with Gasteiger partial charge in [-0.25, -0.2) is 4.98 Å². The summed E-state index contributed by atoms with van der Waals surface area (Å²) in [6, 6.07) is 5.41. The lowest BCUT2D eigenvalue weighted by atomic mass is 10.2. The van der Waals surface area contributed by atoms with Crippen LogP contribution >= 0.6 is 0 Å². The first-order valence-corrected chi connectivity index (χ1v) is 5.60. The predicted molar refractivity (Wildman–Crippen MR) is 64.8 cm³/mol. The number of carbonyl (C=O) groups is 1. The number of rotatable bonds is 4. The third-order valence-corrected chi connectivity index (χ3v) is 2.62. The molecule has 0 fully saturated rings. The second kappa shape index (κ2) is 4.97. The van der Waals surface area contributed by atoms with E-state index in [1.54, 1.807) is 18.5 Å². The van der Waals surface area contributed by atoms with Crippen LogP contribution in [0.4, 0.5) is 0 Å². The van der Waals surface area contributed by atoms with E-state index in [-0.39, 0.29) is 19.1 Å². The molecule has 2 aromatic rings. The lowest BCUT2D eigenvalue weighted by molar-refractivity contribution is 0.0945. The Morgan fingerprint density at radius 3 is 3.06 bits per heavy atom. The lowest BCUT2D eigenvalue weighted by Crippen LogP contribution is -2.26. The Bertz CT molecular complexity index is 534. The number of nitrogens with one attached hydrogen (secondary N) is 1. The standard InChI is InChI=1S/C12H15N3O2/c1-2-15-8-14-10-7-9(3-4-11(10)15)12(17)13-5-6-16/h3-4,7-8,16H,2,5-6H2,1H3,(H,13,17). The average Bonchev–Trinajstić information content (AvgIpc) is 2.77. The molecule has 2 rings (SSSR count). The van der Waals surface area contributed by atoms with Gasteiger partial charge in [-0.3, -0.25) is 4.79 Å². The summed E-state index contributed by atoms with van der Waals surface area (Å²) in [5, 5.41) is 11.2. The number of aromatic nitrogens is 2. The van der Waals surface area contributed by atoms with Crippen LogP contribution in [0.5, 0.6) is 0 Å². The van der Waals surface area contributed by atoms with Crippen molar-refractivity contribution in [2.45, 2.75) is 13.5 Å². The predicted octanol–water partition coefficient (Wildman–Crippen LogP) is 0.778. The number of aliphatic hydroxyl groups is 1. The van der Waals surface area contributed by atoms with Crippen molar-refractivity contribution in [3.05, 3.63) is 30.1 Å². The summed E-state index contributed by atoms with van der Waals surface area (Å²) in [5.74, 6) is -0.188. The van der Waals surface area contributed by atoms with Crippen molar-refractivity contribution in [1.29, 1.82) is 0 Å². The van der Waals surface area contributed by atoms with E-state index in [1.807, 2.05) is 17.6 Å². The summed E-state index contributed by atoms with van der Waals surface area (Å²) in [5.41, 5.74) is 2.39. The van der Waals surface area contributed by atoms with E-state index in [4.69, 9.17) is 5.11 Å². The van der Waals surface area contributed by atoms with Crippen molar-refractivity contribution in [1.82, 2.24) is 14.9 Å². The van der Waals surface area contributed by atoms with Gasteiger partial charge in [0.15, 0.2) is 0 Å². The van der Waals surface area contributed by atoms with Crippen LogP contribution in [0.3, 0.4) is 0 Å². The van der Waals surface area contributed by atoms with Gasteiger partial charge in [0.1, 0.15) is 0 Å². The average molecular weight is 233 g/mol. The van der Waals surface area contributed by atoms with Crippen LogP contribution in [-0.4, -0.2) is 33.7 Å². The second-order valence-electron chi connectivity index (χ2n) is 3.71. The number of hydrogen-bond donors (Lipinski definition) is 2. The monoisotopic (exact) mass is 233 g/mol. The molecule has 0 aliphatic heterocycles. The van der Waals surface area contributed by atoms with E-state index in [0.717, 1.165) is 17.6 Å². The highest BCUT2D eigenvalue weighted by atomic mass is 16.3. The molecule has 1 aromatic heterocycles. The fourth-order valence-electron chi connectivity index (χ4n) is 1.73. The van der Waals surface area contributed by atoms with Gasteiger partial charge in [0.05, 0.1) is 24.0 Å². The van der Waals surface area contributed by atoms with Crippen LogP contribution in [0, 0.1) is 0 Å². The van der Waals surface area contributed by atoms with Gasteiger partial charge in [-0.2, -0.15) is 0 Å². The molecule has 0 saturated heterocycles. The van der Waals surface area contributed by atoms with Gasteiger partial charge in [0, 0.05) is 18.7 Å². The molecule has 1 aromatic carbocycles. The minimum Gasteiger partial charge on any atom is -0.395 e. The summed E-state index contributed by atoms with van der Waals surface area (Å²) < 4.78 is 2.02. The fourth-order valence-corrected chi connectivity index (χ4v) is 1.73. The molecule has 5 heteroatoms. The molecule has 2 N–H and O–H groups in total. The molecule has 0 unspecified atom stereocenters. The number of hydrogen-bond acceptors (Lipinski definition) is 3. The maximum absolute atomic E-state index is 11.7. The summed E-state index contributed by atoms with van der Waals surface area (Å²) in [6.07, 6.45) is 1.76. The molecule has 0 saturated carbocycles. The Morgan fingerprint density at radius 2 is 2.35 bits per heavy atom. The number of amides is 1. The number of fused-ring (bicyclic) bond motifs is 1. The maximum Gasteiger partial charge on any atom is 0.251 e. The quantitative estimate of drug-likeness (QED) is 0.820. The third-order valence-electron chi connectivity index (χ3n) is 2.62. The Kier molecular flexibility index (Phi) is 3.39. The van der Waals surface area contributed by atoms with Gasteiger partial charge in [0.2, 0.25) is 0 Å². The molecule has 0 bridgehead atoms. The zero-order chi connectivity index (χ0) is 12.3. The van der Waals surface area contributed by atoms with Crippen molar-refractivity contribution in [3.8, 4) is 0 Å². The Morgan fingerprint density at radius 1 is 1.53 bits per heavy atom. The molecule has 0 atom stereocenters. The number of carbonyl (C=O) groups excluding carboxylic acids is 1. The molecule has 1 amide bonds. The SMILES string of the molecule is CCn1cnc2cc(C(=O)NCCO)ccc21. The van der Waals surface area contributed by atoms with Crippen molar-refractivity contribution < 1.29 is 9.90 Å². The molecule has 5 nitrogen and oxygen atoms in total. The number of aliphatic hydroxyl groups excluding tert-OH is 1. The molecule has 1 heterocycles. The van der Waals surface area contributed by atoms with Gasteiger partial charge in [-0.1, -0.05) is 0 Å². The third kappa shape index (κ3) is 2.29. The van der Waals surface area contributed by atoms with E-state index >= 15 is 0 Å². The molecular formula is C12H15N3O2. The van der Waals surface area contributed by atoms with Crippen molar-refractivity contribution in [2.75, 3.05) is 13.2 Å². The molecule has 90 valence electrons. The molecule has 17 heavy (non-hydrogen) atoms. The number of imidazole rings is 1. The zero-order valence-corrected chi connectivity index (χ0v) is 9.68. The number of benzene rings is 1. The van der Waals surface area contributed by atoms with Crippen LogP contribution in [-0.2, 0) is 6.54 Å². The summed E-state index contributed by atoms with van der Waals surface area (Å²) >= 11 is 0. The van der Waals surface area contributed by atoms with Gasteiger partial charge >= 0.3 is 0 Å². The van der Waals surface area contributed by atoms with E-state index in [2.05, 4.69) is 10.3 Å². The largest absolute Gasteiger partial charge is 0.395 e. The molecule has 0 spiro atoms. The maximum atomic E-state index is 11.7. The fraction of sp³-hybridized carbons (Fsp3) is 0.333. The Balaban J connectivity index is 2.29. The lowest BCUT2D eigenvalue weighted by Gasteiger charge is -2.03. The first-order valence-electron chi connectivity index (χ1n) is 5.60. The van der Waals surface area contributed by atoms with Crippen LogP contribution in [0.25, 0.3) is 11.0 Å². The van der Waals surface area contributed by atoms with Gasteiger partial charge in [-0.05, 0) is 25.1 Å². The molecule has 0 aliphatic carbocycles. The van der Waals surface area contributed by atoms with Gasteiger partial charge in [0.25, 0.3) is 5.91 Å². The van der Waals surface area contributed by atoms with Crippen LogP contribution in [0.2, 0.25) is 0 Å². The highest BCUT2D eigenvalue weighted by Gasteiger charge is 2.07. The molecule has 0 radical (unpaired) electrons. The van der Waals surface area contributed by atoms with Crippen molar-refractivity contribution >= 4 is 16.9 Å². The first kappa shape index (κ1) is 11.6. The van der Waals surface area contributed by atoms with Gasteiger partial charge < -0.3 is 15.0 Å². The van der Waals surface area contributed by atoms with E-state index in [9.17, 15) is 4.79 Å². The summed E-state index contributed by atoms with van der Waals surface area (Å²) in [4.78, 5) is 15.9. The second-order valence-corrected chi connectivity index (χ2v) is 3.71. The smallest absolute Gasteiger partial charge is 0.251 e. The Labute approximate surface area is 99.1 Å². The number of nitrogens with zero attached hydrogens (tertiary/aromatic N) is 2. The highest BCUT2D eigenvalue weighted by Crippen LogP contribution is 2.14. The molecule has 0 aliphatic rings.